The van der Waals surface area contributed by atoms with Gasteiger partial charge in [-0.3, -0.25) is 4.79 Å². The number of nitrogens with one attached hydrogen (secondary N) is 1. The van der Waals surface area contributed by atoms with Crippen LogP contribution in [0.2, 0.25) is 0 Å². The van der Waals surface area contributed by atoms with Crippen molar-refractivity contribution < 1.29 is 10.1 Å². The molecule has 0 fully saturated rings. The second-order valence-electron chi connectivity index (χ2n) is 7.10. The summed E-state index contributed by atoms with van der Waals surface area (Å²) in [5.74, 6) is 0.129. The topological polar surface area (TPSA) is 52.7 Å². The molecular weight excluding hydrogens is 378 g/mol. The van der Waals surface area contributed by atoms with Crippen molar-refractivity contribution in [1.29, 1.82) is 0 Å². The van der Waals surface area contributed by atoms with Crippen LogP contribution in [0.3, 0.4) is 0 Å². The number of aryl methyl sites for hydroxylation is 1. The highest BCUT2D eigenvalue weighted by Gasteiger charge is 2.58. The summed E-state index contributed by atoms with van der Waals surface area (Å²) in [5, 5.41) is 3.45. The Hall–Kier alpha value is -2.11. The monoisotopic (exact) mass is 396 g/mol. The molecule has 3 heterocycles. The molecule has 1 amide bonds. The van der Waals surface area contributed by atoms with Crippen LogP contribution in [0.1, 0.15) is 22.4 Å². The molecule has 3 N–H and O–H groups in total. The lowest BCUT2D eigenvalue weighted by atomic mass is 9.82. The van der Waals surface area contributed by atoms with Gasteiger partial charge in [-0.25, -0.2) is 0 Å². The SMILES string of the molecule is Cc1ccc2[nH]c3c(c2c1)CC[NH2+][C@]31C(=O)N(C)c2ccc(Br)cc21. The normalized spacial score (nSPS) is 21.9. The highest BCUT2D eigenvalue weighted by atomic mass is 79.9. The Morgan fingerprint density at radius 1 is 1.24 bits per heavy atom. The van der Waals surface area contributed by atoms with Gasteiger partial charge in [0.2, 0.25) is 5.54 Å². The van der Waals surface area contributed by atoms with Gasteiger partial charge in [0, 0.05) is 28.8 Å². The van der Waals surface area contributed by atoms with Crippen molar-refractivity contribution in [2.45, 2.75) is 18.9 Å². The van der Waals surface area contributed by atoms with E-state index in [1.54, 1.807) is 4.90 Å². The van der Waals surface area contributed by atoms with Gasteiger partial charge >= 0.3 is 0 Å². The van der Waals surface area contributed by atoms with Crippen LogP contribution in [-0.2, 0) is 16.8 Å². The lowest BCUT2D eigenvalue weighted by molar-refractivity contribution is -0.714. The summed E-state index contributed by atoms with van der Waals surface area (Å²) in [5.41, 5.74) is 6.06. The number of rotatable bonds is 0. The van der Waals surface area contributed by atoms with Gasteiger partial charge in [-0.15, -0.1) is 0 Å². The Kier molecular flexibility index (Phi) is 3.01. The number of hydrogen-bond acceptors (Lipinski definition) is 1. The second kappa shape index (κ2) is 4.96. The van der Waals surface area contributed by atoms with E-state index in [-0.39, 0.29) is 5.91 Å². The number of anilines is 1. The fourth-order valence-corrected chi connectivity index (χ4v) is 4.90. The van der Waals surface area contributed by atoms with Crippen LogP contribution in [0.4, 0.5) is 5.69 Å². The lowest BCUT2D eigenvalue weighted by Gasteiger charge is -2.30. The minimum atomic E-state index is -0.700. The first kappa shape index (κ1) is 15.2. The predicted molar refractivity (Wildman–Crippen MR) is 102 cm³/mol. The Bertz CT molecular complexity index is 1050. The molecule has 25 heavy (non-hydrogen) atoms. The fraction of sp³-hybridized carbons (Fsp3) is 0.250. The molecule has 1 aromatic heterocycles. The number of quaternary nitrogens is 1. The van der Waals surface area contributed by atoms with E-state index < -0.39 is 5.54 Å². The number of H-pyrrole nitrogens is 1. The van der Waals surface area contributed by atoms with Gasteiger partial charge in [0.25, 0.3) is 5.91 Å². The van der Waals surface area contributed by atoms with E-state index in [1.165, 1.54) is 16.5 Å². The zero-order valence-electron chi connectivity index (χ0n) is 14.2. The van der Waals surface area contributed by atoms with E-state index in [1.807, 2.05) is 19.2 Å². The standard InChI is InChI=1S/C20H18BrN3O/c1-11-3-5-16-14(9-11)13-7-8-22-20(18(13)23-16)15-10-12(21)4-6-17(15)24(2)19(20)25/h3-6,9-10,22-23H,7-8H2,1-2H3/p+1/t20-/m0/s1. The fourth-order valence-electron chi connectivity index (χ4n) is 4.54. The number of amides is 1. The minimum absolute atomic E-state index is 0.129. The van der Waals surface area contributed by atoms with E-state index in [2.05, 4.69) is 57.4 Å². The first-order valence-corrected chi connectivity index (χ1v) is 9.36. The van der Waals surface area contributed by atoms with Crippen molar-refractivity contribution >= 4 is 38.4 Å². The van der Waals surface area contributed by atoms with Gasteiger partial charge in [-0.05, 0) is 42.8 Å². The molecule has 0 bridgehead atoms. The number of aromatic nitrogens is 1. The number of aromatic amines is 1. The summed E-state index contributed by atoms with van der Waals surface area (Å²) in [6, 6.07) is 12.6. The molecule has 1 spiro atoms. The highest BCUT2D eigenvalue weighted by molar-refractivity contribution is 9.10. The summed E-state index contributed by atoms with van der Waals surface area (Å²) in [4.78, 5) is 18.8. The van der Waals surface area contributed by atoms with Crippen LogP contribution < -0.4 is 10.2 Å². The second-order valence-corrected chi connectivity index (χ2v) is 8.02. The number of hydrogen-bond donors (Lipinski definition) is 2. The molecule has 2 aliphatic heterocycles. The quantitative estimate of drug-likeness (QED) is 0.602. The first-order chi connectivity index (χ1) is 12.0. The Morgan fingerprint density at radius 2 is 2.08 bits per heavy atom. The number of halogens is 1. The van der Waals surface area contributed by atoms with Crippen LogP contribution >= 0.6 is 15.9 Å². The largest absolute Gasteiger partial charge is 0.352 e. The number of benzene rings is 2. The summed E-state index contributed by atoms with van der Waals surface area (Å²) >= 11 is 3.58. The summed E-state index contributed by atoms with van der Waals surface area (Å²) < 4.78 is 1.00. The van der Waals surface area contributed by atoms with Gasteiger partial charge in [0.15, 0.2) is 0 Å². The Morgan fingerprint density at radius 3 is 2.92 bits per heavy atom. The van der Waals surface area contributed by atoms with Gasteiger partial charge in [-0.1, -0.05) is 27.6 Å². The molecule has 0 saturated heterocycles. The molecule has 5 rings (SSSR count). The number of carbonyl (C=O) groups excluding carboxylic acids is 1. The molecule has 126 valence electrons. The average molecular weight is 397 g/mol. The third-order valence-electron chi connectivity index (χ3n) is 5.69. The average Bonchev–Trinajstić information content (AvgIpc) is 3.06. The van der Waals surface area contributed by atoms with Crippen molar-refractivity contribution in [3.8, 4) is 0 Å². The minimum Gasteiger partial charge on any atom is -0.352 e. The van der Waals surface area contributed by atoms with E-state index in [0.717, 1.165) is 39.9 Å². The van der Waals surface area contributed by atoms with Crippen LogP contribution in [-0.4, -0.2) is 24.5 Å². The molecule has 4 nitrogen and oxygen atoms in total. The van der Waals surface area contributed by atoms with Crippen LogP contribution in [0.15, 0.2) is 40.9 Å². The summed E-state index contributed by atoms with van der Waals surface area (Å²) in [6.45, 7) is 3.02. The molecule has 3 aromatic rings. The molecule has 2 aliphatic rings. The van der Waals surface area contributed by atoms with E-state index in [0.29, 0.717) is 0 Å². The number of nitrogens with zero attached hydrogens (tertiary/aromatic N) is 1. The third-order valence-corrected chi connectivity index (χ3v) is 6.18. The van der Waals surface area contributed by atoms with Crippen molar-refractivity contribution in [2.75, 3.05) is 18.5 Å². The van der Waals surface area contributed by atoms with E-state index >= 15 is 0 Å². The van der Waals surface area contributed by atoms with Crippen LogP contribution in [0, 0.1) is 6.92 Å². The van der Waals surface area contributed by atoms with Crippen LogP contribution in [0.25, 0.3) is 10.9 Å². The molecule has 0 aliphatic carbocycles. The number of fused-ring (bicyclic) bond motifs is 6. The molecule has 5 heteroatoms. The van der Waals surface area contributed by atoms with Gasteiger partial charge < -0.3 is 15.2 Å². The maximum Gasteiger partial charge on any atom is 0.299 e. The zero-order valence-corrected chi connectivity index (χ0v) is 15.8. The molecular formula is C20H19BrN3O+. The smallest absolute Gasteiger partial charge is 0.299 e. The third kappa shape index (κ3) is 1.82. The molecule has 0 unspecified atom stereocenters. The Balaban J connectivity index is 1.87. The van der Waals surface area contributed by atoms with Crippen molar-refractivity contribution in [2.24, 2.45) is 0 Å². The van der Waals surface area contributed by atoms with E-state index in [4.69, 9.17) is 0 Å². The summed E-state index contributed by atoms with van der Waals surface area (Å²) in [6.07, 6.45) is 0.973. The zero-order chi connectivity index (χ0) is 17.3. The molecule has 0 saturated carbocycles. The lowest BCUT2D eigenvalue weighted by Crippen LogP contribution is -2.99. The van der Waals surface area contributed by atoms with Gasteiger partial charge in [0.05, 0.1) is 23.5 Å². The van der Waals surface area contributed by atoms with Crippen molar-refractivity contribution in [3.63, 3.8) is 0 Å². The number of likely N-dealkylation sites (N-methyl/N-ethyl adjacent to an activating group) is 1. The molecule has 0 radical (unpaired) electrons. The number of nitrogens with two attached hydrogens (primary N) is 1. The first-order valence-electron chi connectivity index (χ1n) is 8.56. The highest BCUT2D eigenvalue weighted by Crippen LogP contribution is 2.45. The van der Waals surface area contributed by atoms with Crippen LogP contribution in [0.5, 0.6) is 0 Å². The summed E-state index contributed by atoms with van der Waals surface area (Å²) in [7, 11) is 1.87. The van der Waals surface area contributed by atoms with Crippen molar-refractivity contribution in [1.82, 2.24) is 4.98 Å². The predicted octanol–water partition coefficient (Wildman–Crippen LogP) is 2.58. The molecule has 2 aromatic carbocycles. The Labute approximate surface area is 154 Å². The maximum atomic E-state index is 13.4. The van der Waals surface area contributed by atoms with Crippen molar-refractivity contribution in [3.05, 3.63) is 63.3 Å². The maximum absolute atomic E-state index is 13.4. The molecule has 1 atom stereocenters. The van der Waals surface area contributed by atoms with Gasteiger partial charge in [-0.2, -0.15) is 0 Å². The number of carbonyl (C=O) groups is 1. The van der Waals surface area contributed by atoms with E-state index in [9.17, 15) is 4.79 Å². The van der Waals surface area contributed by atoms with Gasteiger partial charge in [0.1, 0.15) is 0 Å².